The molecule has 1 rings (SSSR count). The summed E-state index contributed by atoms with van der Waals surface area (Å²) in [5, 5.41) is 0.320. The maximum Gasteiger partial charge on any atom is 0.241 e. The lowest BCUT2D eigenvalue weighted by atomic mass is 10.0. The first-order valence-electron chi connectivity index (χ1n) is 6.81. The van der Waals surface area contributed by atoms with E-state index in [0.717, 1.165) is 12.8 Å². The van der Waals surface area contributed by atoms with Crippen molar-refractivity contribution in [3.8, 4) is 0 Å². The summed E-state index contributed by atoms with van der Waals surface area (Å²) >= 11 is 7.61. The van der Waals surface area contributed by atoms with Gasteiger partial charge in [-0.2, -0.15) is 11.8 Å². The van der Waals surface area contributed by atoms with E-state index in [1.165, 1.54) is 6.07 Å². The third-order valence-electron chi connectivity index (χ3n) is 3.96. The van der Waals surface area contributed by atoms with Crippen LogP contribution in [0.1, 0.15) is 32.3 Å². The smallest absolute Gasteiger partial charge is 0.241 e. The van der Waals surface area contributed by atoms with E-state index in [1.54, 1.807) is 24.8 Å². The number of benzene rings is 1. The molecule has 1 aromatic carbocycles. The van der Waals surface area contributed by atoms with Gasteiger partial charge in [0.15, 0.2) is 0 Å². The summed E-state index contributed by atoms with van der Waals surface area (Å²) in [6, 6.07) is 2.99. The summed E-state index contributed by atoms with van der Waals surface area (Å²) in [6.45, 7) is 6.20. The predicted octanol–water partition coefficient (Wildman–Crippen LogP) is 3.43. The van der Waals surface area contributed by atoms with Crippen LogP contribution in [0.25, 0.3) is 0 Å². The zero-order valence-corrected chi connectivity index (χ0v) is 15.3. The van der Waals surface area contributed by atoms with E-state index in [2.05, 4.69) is 18.6 Å². The molecule has 0 fully saturated rings. The van der Waals surface area contributed by atoms with Crippen LogP contribution in [0.5, 0.6) is 0 Å². The Kier molecular flexibility index (Phi) is 6.40. The van der Waals surface area contributed by atoms with Crippen molar-refractivity contribution in [1.29, 1.82) is 0 Å². The maximum atomic E-state index is 12.5. The van der Waals surface area contributed by atoms with E-state index in [-0.39, 0.29) is 9.64 Å². The number of nitrogens with one attached hydrogen (secondary N) is 1. The Morgan fingerprint density at radius 2 is 1.90 bits per heavy atom. The van der Waals surface area contributed by atoms with Gasteiger partial charge >= 0.3 is 0 Å². The first kappa shape index (κ1) is 18.6. The molecule has 3 N–H and O–H groups in total. The molecule has 4 nitrogen and oxygen atoms in total. The molecule has 0 unspecified atom stereocenters. The van der Waals surface area contributed by atoms with Gasteiger partial charge in [0, 0.05) is 22.0 Å². The highest BCUT2D eigenvalue weighted by Gasteiger charge is 2.28. The van der Waals surface area contributed by atoms with E-state index in [1.807, 2.05) is 6.26 Å². The molecule has 0 aromatic heterocycles. The van der Waals surface area contributed by atoms with Crippen LogP contribution in [0.3, 0.4) is 0 Å². The molecular formula is C14H23ClN2O2S2. The number of hydrogen-bond acceptors (Lipinski definition) is 4. The van der Waals surface area contributed by atoms with Crippen LogP contribution in [0.2, 0.25) is 5.02 Å². The minimum absolute atomic E-state index is 0.0922. The van der Waals surface area contributed by atoms with Crippen LogP contribution in [-0.2, 0) is 10.0 Å². The second kappa shape index (κ2) is 7.22. The van der Waals surface area contributed by atoms with Crippen LogP contribution in [-0.4, -0.2) is 26.0 Å². The third kappa shape index (κ3) is 4.28. The molecule has 0 heterocycles. The van der Waals surface area contributed by atoms with Crippen LogP contribution >= 0.6 is 23.4 Å². The van der Waals surface area contributed by atoms with Gasteiger partial charge in [-0.1, -0.05) is 25.4 Å². The standard InChI is InChI=1S/C14H23ClN2O2S2/c1-5-14(6-2,20-4)9-17-21(18,19)13-8-11(15)7-12(16)10(13)3/h7-8,17H,5-6,9,16H2,1-4H3. The van der Waals surface area contributed by atoms with Gasteiger partial charge in [0.25, 0.3) is 0 Å². The van der Waals surface area contributed by atoms with Crippen molar-refractivity contribution in [2.24, 2.45) is 0 Å². The van der Waals surface area contributed by atoms with Gasteiger partial charge in [-0.15, -0.1) is 0 Å². The quantitative estimate of drug-likeness (QED) is 0.739. The second-order valence-corrected chi connectivity index (χ2v) is 8.48. The average Bonchev–Trinajstić information content (AvgIpc) is 2.45. The van der Waals surface area contributed by atoms with Crippen molar-refractivity contribution in [1.82, 2.24) is 4.72 Å². The van der Waals surface area contributed by atoms with E-state index < -0.39 is 10.0 Å². The number of rotatable bonds is 7. The molecule has 120 valence electrons. The molecular weight excluding hydrogens is 328 g/mol. The zero-order chi connectivity index (χ0) is 16.3. The summed E-state index contributed by atoms with van der Waals surface area (Å²) in [5.41, 5.74) is 6.70. The van der Waals surface area contributed by atoms with Crippen molar-refractivity contribution >= 4 is 39.1 Å². The lowest BCUT2D eigenvalue weighted by molar-refractivity contribution is 0.522. The van der Waals surface area contributed by atoms with Gasteiger partial charge in [-0.3, -0.25) is 0 Å². The summed E-state index contributed by atoms with van der Waals surface area (Å²) < 4.78 is 27.6. The summed E-state index contributed by atoms with van der Waals surface area (Å²) in [5.74, 6) is 0. The van der Waals surface area contributed by atoms with Crippen molar-refractivity contribution in [3.63, 3.8) is 0 Å². The Morgan fingerprint density at radius 1 is 1.33 bits per heavy atom. The average molecular weight is 351 g/mol. The van der Waals surface area contributed by atoms with Crippen LogP contribution in [0.15, 0.2) is 17.0 Å². The molecule has 0 aliphatic heterocycles. The van der Waals surface area contributed by atoms with Crippen LogP contribution < -0.4 is 10.5 Å². The molecule has 0 bridgehead atoms. The Morgan fingerprint density at radius 3 is 2.38 bits per heavy atom. The normalized spacial score (nSPS) is 12.6. The van der Waals surface area contributed by atoms with Gasteiger partial charge < -0.3 is 5.73 Å². The number of anilines is 1. The molecule has 1 aromatic rings. The lowest BCUT2D eigenvalue weighted by Crippen LogP contribution is -2.39. The topological polar surface area (TPSA) is 72.2 Å². The van der Waals surface area contributed by atoms with Gasteiger partial charge in [0.1, 0.15) is 0 Å². The zero-order valence-electron chi connectivity index (χ0n) is 12.9. The maximum absolute atomic E-state index is 12.5. The Hall–Kier alpha value is -0.430. The Labute approximate surface area is 136 Å². The first-order valence-corrected chi connectivity index (χ1v) is 9.90. The number of halogens is 1. The number of nitrogen functional groups attached to an aromatic ring is 1. The van der Waals surface area contributed by atoms with Gasteiger partial charge in [-0.05, 0) is 43.7 Å². The largest absolute Gasteiger partial charge is 0.398 e. The highest BCUT2D eigenvalue weighted by atomic mass is 35.5. The number of hydrogen-bond donors (Lipinski definition) is 2. The predicted molar refractivity (Wildman–Crippen MR) is 92.6 cm³/mol. The molecule has 21 heavy (non-hydrogen) atoms. The number of sulfonamides is 1. The van der Waals surface area contributed by atoms with Crippen molar-refractivity contribution < 1.29 is 8.42 Å². The number of thioether (sulfide) groups is 1. The highest BCUT2D eigenvalue weighted by Crippen LogP contribution is 2.31. The summed E-state index contributed by atoms with van der Waals surface area (Å²) in [6.07, 6.45) is 3.79. The van der Waals surface area contributed by atoms with E-state index in [0.29, 0.717) is 22.8 Å². The Balaban J connectivity index is 3.08. The molecule has 0 aliphatic carbocycles. The van der Waals surface area contributed by atoms with Gasteiger partial charge in [0.2, 0.25) is 10.0 Å². The van der Waals surface area contributed by atoms with Crippen LogP contribution in [0.4, 0.5) is 5.69 Å². The van der Waals surface area contributed by atoms with Gasteiger partial charge in [-0.25, -0.2) is 13.1 Å². The highest BCUT2D eigenvalue weighted by molar-refractivity contribution is 8.00. The number of nitrogens with two attached hydrogens (primary N) is 1. The molecule has 0 saturated carbocycles. The summed E-state index contributed by atoms with van der Waals surface area (Å²) in [7, 11) is -3.63. The van der Waals surface area contributed by atoms with Crippen molar-refractivity contribution in [2.75, 3.05) is 18.5 Å². The van der Waals surface area contributed by atoms with E-state index in [9.17, 15) is 8.42 Å². The molecule has 0 amide bonds. The second-order valence-electron chi connectivity index (χ2n) is 5.04. The molecule has 7 heteroatoms. The van der Waals surface area contributed by atoms with E-state index >= 15 is 0 Å². The fraction of sp³-hybridized carbons (Fsp3) is 0.571. The van der Waals surface area contributed by atoms with Gasteiger partial charge in [0.05, 0.1) is 4.90 Å². The minimum Gasteiger partial charge on any atom is -0.398 e. The summed E-state index contributed by atoms with van der Waals surface area (Å²) in [4.78, 5) is 0.148. The molecule has 0 saturated heterocycles. The SMILES string of the molecule is CCC(CC)(CNS(=O)(=O)c1cc(Cl)cc(N)c1C)SC. The minimum atomic E-state index is -3.63. The Bertz CT molecular complexity index is 591. The van der Waals surface area contributed by atoms with Crippen molar-refractivity contribution in [3.05, 3.63) is 22.7 Å². The molecule has 0 aliphatic rings. The first-order chi connectivity index (χ1) is 9.71. The third-order valence-corrected chi connectivity index (χ3v) is 7.29. The fourth-order valence-electron chi connectivity index (χ4n) is 2.12. The lowest BCUT2D eigenvalue weighted by Gasteiger charge is -2.29. The fourth-order valence-corrected chi connectivity index (χ4v) is 4.72. The molecule has 0 atom stereocenters. The monoisotopic (exact) mass is 350 g/mol. The molecule has 0 spiro atoms. The van der Waals surface area contributed by atoms with Crippen molar-refractivity contribution in [2.45, 2.75) is 43.3 Å². The molecule has 0 radical (unpaired) electrons. The van der Waals surface area contributed by atoms with Crippen LogP contribution in [0, 0.1) is 6.92 Å². The van der Waals surface area contributed by atoms with E-state index in [4.69, 9.17) is 17.3 Å².